The smallest absolute Gasteiger partial charge is 0.377 e. The Bertz CT molecular complexity index is 660. The van der Waals surface area contributed by atoms with Crippen LogP contribution in [0.15, 0.2) is 24.5 Å². The lowest BCUT2D eigenvalue weighted by atomic mass is 10.1. The van der Waals surface area contributed by atoms with E-state index in [1.54, 1.807) is 12.1 Å². The molecular weight excluding hydrogens is 251 g/mol. The SMILES string of the molecule is COC(=O)c1ncn(Cc2cccc(C#N)c2F)n1. The number of rotatable bonds is 3. The van der Waals surface area contributed by atoms with Crippen molar-refractivity contribution in [2.45, 2.75) is 6.54 Å². The fourth-order valence-corrected chi connectivity index (χ4v) is 1.52. The van der Waals surface area contributed by atoms with Crippen molar-refractivity contribution in [1.29, 1.82) is 5.26 Å². The molecule has 7 heteroatoms. The molecule has 1 aromatic heterocycles. The van der Waals surface area contributed by atoms with Crippen LogP contribution in [0.25, 0.3) is 0 Å². The average molecular weight is 260 g/mol. The van der Waals surface area contributed by atoms with Gasteiger partial charge in [0.05, 0.1) is 19.2 Å². The highest BCUT2D eigenvalue weighted by Gasteiger charge is 2.13. The van der Waals surface area contributed by atoms with E-state index in [9.17, 15) is 9.18 Å². The lowest BCUT2D eigenvalue weighted by molar-refractivity contribution is 0.0586. The molecule has 0 atom stereocenters. The minimum atomic E-state index is -0.662. The monoisotopic (exact) mass is 260 g/mol. The molecule has 1 heterocycles. The van der Waals surface area contributed by atoms with Crippen molar-refractivity contribution >= 4 is 5.97 Å². The quantitative estimate of drug-likeness (QED) is 0.772. The molecule has 0 aliphatic heterocycles. The molecule has 0 bridgehead atoms. The van der Waals surface area contributed by atoms with E-state index in [1.807, 2.05) is 0 Å². The molecule has 0 fully saturated rings. The number of ether oxygens (including phenoxy) is 1. The van der Waals surface area contributed by atoms with E-state index < -0.39 is 11.8 Å². The standard InChI is InChI=1S/C12H9FN4O2/c1-19-12(18)11-15-7-17(16-11)6-9-4-2-3-8(5-14)10(9)13/h2-4,7H,6H2,1H3. The van der Waals surface area contributed by atoms with Crippen LogP contribution in [-0.2, 0) is 11.3 Å². The number of hydrogen-bond donors (Lipinski definition) is 0. The molecule has 1 aromatic carbocycles. The van der Waals surface area contributed by atoms with E-state index in [4.69, 9.17) is 5.26 Å². The minimum Gasteiger partial charge on any atom is -0.463 e. The fraction of sp³-hybridized carbons (Fsp3) is 0.167. The van der Waals surface area contributed by atoms with Gasteiger partial charge in [0, 0.05) is 5.56 Å². The van der Waals surface area contributed by atoms with Crippen molar-refractivity contribution in [2.75, 3.05) is 7.11 Å². The molecule has 0 radical (unpaired) electrons. The summed E-state index contributed by atoms with van der Waals surface area (Å²) in [6.07, 6.45) is 1.30. The van der Waals surface area contributed by atoms with Crippen molar-refractivity contribution in [3.8, 4) is 6.07 Å². The summed E-state index contributed by atoms with van der Waals surface area (Å²) in [5.74, 6) is -1.36. The summed E-state index contributed by atoms with van der Waals surface area (Å²) in [5, 5.41) is 12.6. The highest BCUT2D eigenvalue weighted by Crippen LogP contribution is 2.13. The van der Waals surface area contributed by atoms with Gasteiger partial charge >= 0.3 is 5.97 Å². The zero-order valence-corrected chi connectivity index (χ0v) is 10.00. The molecule has 0 aliphatic carbocycles. The Morgan fingerprint density at radius 3 is 3.05 bits per heavy atom. The third-order valence-corrected chi connectivity index (χ3v) is 2.44. The molecule has 2 aromatic rings. The number of nitriles is 1. The van der Waals surface area contributed by atoms with Gasteiger partial charge in [-0.05, 0) is 6.07 Å². The Hall–Kier alpha value is -2.75. The van der Waals surface area contributed by atoms with Gasteiger partial charge < -0.3 is 4.74 Å². The number of carbonyl (C=O) groups is 1. The van der Waals surface area contributed by atoms with Gasteiger partial charge in [-0.1, -0.05) is 12.1 Å². The molecule has 0 saturated heterocycles. The molecule has 0 spiro atoms. The van der Waals surface area contributed by atoms with Gasteiger partial charge in [0.25, 0.3) is 5.82 Å². The van der Waals surface area contributed by atoms with Crippen LogP contribution in [0.2, 0.25) is 0 Å². The van der Waals surface area contributed by atoms with Crippen molar-refractivity contribution in [3.63, 3.8) is 0 Å². The Morgan fingerprint density at radius 1 is 1.58 bits per heavy atom. The van der Waals surface area contributed by atoms with Gasteiger partial charge in [0.1, 0.15) is 18.2 Å². The first-order valence-electron chi connectivity index (χ1n) is 5.31. The first-order valence-corrected chi connectivity index (χ1v) is 5.31. The molecule has 0 amide bonds. The average Bonchev–Trinajstić information content (AvgIpc) is 2.89. The van der Waals surface area contributed by atoms with Crippen LogP contribution in [0.1, 0.15) is 21.7 Å². The van der Waals surface area contributed by atoms with Gasteiger partial charge in [-0.3, -0.25) is 0 Å². The summed E-state index contributed by atoms with van der Waals surface area (Å²) >= 11 is 0. The van der Waals surface area contributed by atoms with Crippen LogP contribution in [0.3, 0.4) is 0 Å². The maximum Gasteiger partial charge on any atom is 0.377 e. The van der Waals surface area contributed by atoms with Crippen LogP contribution in [0.5, 0.6) is 0 Å². The number of hydrogen-bond acceptors (Lipinski definition) is 5. The summed E-state index contributed by atoms with van der Waals surface area (Å²) in [5.41, 5.74) is 0.256. The molecule has 2 rings (SSSR count). The van der Waals surface area contributed by atoms with Gasteiger partial charge in [-0.2, -0.15) is 5.26 Å². The Morgan fingerprint density at radius 2 is 2.37 bits per heavy atom. The number of carbonyl (C=O) groups excluding carboxylic acids is 1. The lowest BCUT2D eigenvalue weighted by Gasteiger charge is -2.03. The van der Waals surface area contributed by atoms with Crippen LogP contribution >= 0.6 is 0 Å². The Kier molecular flexibility index (Phi) is 3.52. The van der Waals surface area contributed by atoms with Gasteiger partial charge in [-0.15, -0.1) is 5.10 Å². The lowest BCUT2D eigenvalue weighted by Crippen LogP contribution is -2.07. The summed E-state index contributed by atoms with van der Waals surface area (Å²) in [6.45, 7) is 0.0747. The molecule has 96 valence electrons. The number of esters is 1. The predicted octanol–water partition coefficient (Wildman–Crippen LogP) is 1.12. The topological polar surface area (TPSA) is 80.8 Å². The normalized spacial score (nSPS) is 9.95. The maximum absolute atomic E-state index is 13.8. The second kappa shape index (κ2) is 5.27. The summed E-state index contributed by atoms with van der Waals surface area (Å²) < 4.78 is 19.6. The molecule has 0 unspecified atom stereocenters. The van der Waals surface area contributed by atoms with Crippen molar-refractivity contribution in [3.05, 3.63) is 47.3 Å². The Balaban J connectivity index is 2.25. The van der Waals surface area contributed by atoms with Gasteiger partial charge in [0.2, 0.25) is 0 Å². The second-order valence-corrected chi connectivity index (χ2v) is 3.65. The zero-order chi connectivity index (χ0) is 13.8. The largest absolute Gasteiger partial charge is 0.463 e. The van der Waals surface area contributed by atoms with Crippen molar-refractivity contribution < 1.29 is 13.9 Å². The second-order valence-electron chi connectivity index (χ2n) is 3.65. The Labute approximate surface area is 108 Å². The first-order chi connectivity index (χ1) is 9.15. The molecule has 19 heavy (non-hydrogen) atoms. The molecule has 0 N–H and O–H groups in total. The summed E-state index contributed by atoms with van der Waals surface area (Å²) in [7, 11) is 1.22. The van der Waals surface area contributed by atoms with Crippen LogP contribution in [-0.4, -0.2) is 27.8 Å². The number of aromatic nitrogens is 3. The minimum absolute atomic E-state index is 0.0363. The number of halogens is 1. The van der Waals surface area contributed by atoms with E-state index in [1.165, 1.54) is 30.3 Å². The van der Waals surface area contributed by atoms with Crippen molar-refractivity contribution in [1.82, 2.24) is 14.8 Å². The summed E-state index contributed by atoms with van der Waals surface area (Å²) in [6, 6.07) is 6.26. The fourth-order valence-electron chi connectivity index (χ4n) is 1.52. The molecule has 6 nitrogen and oxygen atoms in total. The van der Waals surface area contributed by atoms with E-state index >= 15 is 0 Å². The van der Waals surface area contributed by atoms with E-state index in [0.29, 0.717) is 5.56 Å². The van der Waals surface area contributed by atoms with E-state index in [0.717, 1.165) is 0 Å². The highest BCUT2D eigenvalue weighted by atomic mass is 19.1. The number of nitrogens with zero attached hydrogens (tertiary/aromatic N) is 4. The van der Waals surface area contributed by atoms with E-state index in [2.05, 4.69) is 14.8 Å². The zero-order valence-electron chi connectivity index (χ0n) is 10.00. The highest BCUT2D eigenvalue weighted by molar-refractivity contribution is 5.84. The van der Waals surface area contributed by atoms with Crippen molar-refractivity contribution in [2.24, 2.45) is 0 Å². The molecular formula is C12H9FN4O2. The van der Waals surface area contributed by atoms with Gasteiger partial charge in [-0.25, -0.2) is 18.9 Å². The third kappa shape index (κ3) is 2.57. The van der Waals surface area contributed by atoms with Crippen LogP contribution < -0.4 is 0 Å². The maximum atomic E-state index is 13.8. The first kappa shape index (κ1) is 12.7. The van der Waals surface area contributed by atoms with E-state index in [-0.39, 0.29) is 17.9 Å². The van der Waals surface area contributed by atoms with Crippen LogP contribution in [0.4, 0.5) is 4.39 Å². The predicted molar refractivity (Wildman–Crippen MR) is 61.6 cm³/mol. The third-order valence-electron chi connectivity index (χ3n) is 2.44. The number of methoxy groups -OCH3 is 1. The number of benzene rings is 1. The van der Waals surface area contributed by atoms with Crippen LogP contribution in [0, 0.1) is 17.1 Å². The van der Waals surface area contributed by atoms with Gasteiger partial charge in [0.15, 0.2) is 0 Å². The summed E-state index contributed by atoms with van der Waals surface area (Å²) in [4.78, 5) is 14.9. The molecule has 0 aliphatic rings. The molecule has 0 saturated carbocycles.